The second-order valence-electron chi connectivity index (χ2n) is 15.4. The van der Waals surface area contributed by atoms with Crippen molar-refractivity contribution in [2.24, 2.45) is 0 Å². The molecule has 0 aliphatic carbocycles. The number of allylic oxidation sites excluding steroid dienone is 27. The molecule has 4 heteroatoms. The van der Waals surface area contributed by atoms with E-state index in [1.807, 2.05) is 6.08 Å². The maximum Gasteiger partial charge on any atom is 0.220 e. The van der Waals surface area contributed by atoms with Crippen LogP contribution < -0.4 is 5.32 Å². The molecule has 0 aromatic carbocycles. The molecule has 0 aromatic rings. The molecule has 62 heavy (non-hydrogen) atoms. The molecule has 0 saturated carbocycles. The number of aliphatic hydroxyl groups is 2. The summed E-state index contributed by atoms with van der Waals surface area (Å²) in [6, 6.07) is -0.663. The second-order valence-corrected chi connectivity index (χ2v) is 15.4. The normalized spacial score (nSPS) is 14.5. The summed E-state index contributed by atoms with van der Waals surface area (Å²) in [7, 11) is 0. The molecule has 0 spiro atoms. The fourth-order valence-corrected chi connectivity index (χ4v) is 6.00. The summed E-state index contributed by atoms with van der Waals surface area (Å²) in [5.41, 5.74) is 0. The zero-order chi connectivity index (χ0) is 44.9. The minimum absolute atomic E-state index is 0.110. The highest BCUT2D eigenvalue weighted by molar-refractivity contribution is 5.76. The molecule has 0 aromatic heterocycles. The van der Waals surface area contributed by atoms with Crippen molar-refractivity contribution in [2.45, 2.75) is 180 Å². The largest absolute Gasteiger partial charge is 0.394 e. The number of aliphatic hydroxyl groups excluding tert-OH is 2. The molecule has 2 atom stereocenters. The third-order valence-electron chi connectivity index (χ3n) is 9.68. The summed E-state index contributed by atoms with van der Waals surface area (Å²) < 4.78 is 0. The standard InChI is InChI=1S/C58H89NO3/c1-3-5-7-9-11-13-14-15-16-17-18-19-20-21-22-23-24-25-26-27-28-29-30-31-32-33-34-35-36-37-38-39-40-41-42-43-44-46-48-50-52-54-58(62)59-56(55-60)57(61)53-51-49-47-45-12-10-8-6-4-2/h5,7,11-13,15-16,18-19,21-22,24-25,27-28,30-31,33-34,36-37,39-40,42-43,45,51,53,56-57,60-61H,3-4,6,8-10,14,17,20,23,26,29,32,35,38,41,44,46-50,52,54-55H2,1-2H3,(H,59,62)/b7-5-,13-11-,16-15-,19-18-,22-21-,25-24-,28-27-,31-30-,34-33-,37-36-,40-39-,43-42-,45-12+,53-51+. The van der Waals surface area contributed by atoms with Crippen LogP contribution in [0.15, 0.2) is 170 Å². The summed E-state index contributed by atoms with van der Waals surface area (Å²) in [4.78, 5) is 12.3. The van der Waals surface area contributed by atoms with Crippen molar-refractivity contribution in [1.29, 1.82) is 0 Å². The Balaban J connectivity index is 3.74. The van der Waals surface area contributed by atoms with Crippen LogP contribution in [0.5, 0.6) is 0 Å². The number of hydrogen-bond acceptors (Lipinski definition) is 3. The van der Waals surface area contributed by atoms with Gasteiger partial charge in [0.15, 0.2) is 0 Å². The smallest absolute Gasteiger partial charge is 0.220 e. The van der Waals surface area contributed by atoms with Crippen molar-refractivity contribution in [2.75, 3.05) is 6.61 Å². The van der Waals surface area contributed by atoms with Crippen LogP contribution in [0.4, 0.5) is 0 Å². The van der Waals surface area contributed by atoms with E-state index in [1.54, 1.807) is 6.08 Å². The van der Waals surface area contributed by atoms with Gasteiger partial charge in [-0.05, 0) is 122 Å². The number of amides is 1. The Morgan fingerprint density at radius 3 is 1.11 bits per heavy atom. The summed E-state index contributed by atoms with van der Waals surface area (Å²) in [6.45, 7) is 4.09. The molecule has 0 radical (unpaired) electrons. The topological polar surface area (TPSA) is 69.6 Å². The zero-order valence-electron chi connectivity index (χ0n) is 39.3. The van der Waals surface area contributed by atoms with E-state index in [2.05, 4.69) is 177 Å². The molecular weight excluding hydrogens is 759 g/mol. The van der Waals surface area contributed by atoms with Gasteiger partial charge in [-0.3, -0.25) is 4.79 Å². The van der Waals surface area contributed by atoms with Crippen LogP contribution in [-0.4, -0.2) is 34.9 Å². The number of hydrogen-bond donors (Lipinski definition) is 3. The van der Waals surface area contributed by atoms with Gasteiger partial charge in [0, 0.05) is 6.42 Å². The van der Waals surface area contributed by atoms with Gasteiger partial charge >= 0.3 is 0 Å². The van der Waals surface area contributed by atoms with Gasteiger partial charge in [0.05, 0.1) is 18.8 Å². The van der Waals surface area contributed by atoms with E-state index >= 15 is 0 Å². The van der Waals surface area contributed by atoms with E-state index in [0.29, 0.717) is 6.42 Å². The first-order chi connectivity index (χ1) is 30.7. The van der Waals surface area contributed by atoms with Crippen molar-refractivity contribution >= 4 is 5.91 Å². The Bertz CT molecular complexity index is 1420. The van der Waals surface area contributed by atoms with Crippen molar-refractivity contribution in [3.8, 4) is 0 Å². The minimum atomic E-state index is -0.882. The maximum absolute atomic E-state index is 12.3. The zero-order valence-corrected chi connectivity index (χ0v) is 39.3. The molecule has 0 fully saturated rings. The monoisotopic (exact) mass is 848 g/mol. The van der Waals surface area contributed by atoms with Crippen molar-refractivity contribution in [3.63, 3.8) is 0 Å². The molecule has 0 bridgehead atoms. The summed E-state index contributed by atoms with van der Waals surface area (Å²) in [5, 5.41) is 22.8. The van der Waals surface area contributed by atoms with Gasteiger partial charge < -0.3 is 15.5 Å². The third-order valence-corrected chi connectivity index (χ3v) is 9.68. The lowest BCUT2D eigenvalue weighted by Gasteiger charge is -2.19. The fraction of sp³-hybridized carbons (Fsp3) is 0.500. The Labute approximate surface area is 381 Å². The second kappa shape index (κ2) is 51.1. The molecule has 0 aliphatic rings. The number of rotatable bonds is 41. The maximum atomic E-state index is 12.3. The third kappa shape index (κ3) is 46.8. The summed E-state index contributed by atoms with van der Waals surface area (Å²) >= 11 is 0. The van der Waals surface area contributed by atoms with E-state index in [0.717, 1.165) is 128 Å². The Kier molecular flexibility index (Phi) is 47.6. The average molecular weight is 848 g/mol. The number of carbonyl (C=O) groups is 1. The molecule has 344 valence electrons. The molecule has 0 saturated heterocycles. The quantitative estimate of drug-likeness (QED) is 0.0424. The lowest BCUT2D eigenvalue weighted by Crippen LogP contribution is -2.45. The fourth-order valence-electron chi connectivity index (χ4n) is 6.00. The molecule has 0 rings (SSSR count). The van der Waals surface area contributed by atoms with Gasteiger partial charge in [0.25, 0.3) is 0 Å². The van der Waals surface area contributed by atoms with Crippen LogP contribution in [0.25, 0.3) is 0 Å². The molecule has 4 nitrogen and oxygen atoms in total. The van der Waals surface area contributed by atoms with Gasteiger partial charge in [-0.15, -0.1) is 0 Å². The van der Waals surface area contributed by atoms with Gasteiger partial charge in [-0.1, -0.05) is 210 Å². The van der Waals surface area contributed by atoms with Crippen molar-refractivity contribution < 1.29 is 15.0 Å². The van der Waals surface area contributed by atoms with Gasteiger partial charge in [0.2, 0.25) is 5.91 Å². The highest BCUT2D eigenvalue weighted by Crippen LogP contribution is 2.08. The predicted octanol–water partition coefficient (Wildman–Crippen LogP) is 16.0. The highest BCUT2D eigenvalue weighted by atomic mass is 16.3. The predicted molar refractivity (Wildman–Crippen MR) is 275 cm³/mol. The lowest BCUT2D eigenvalue weighted by atomic mass is 10.1. The van der Waals surface area contributed by atoms with Crippen LogP contribution in [0, 0.1) is 0 Å². The highest BCUT2D eigenvalue weighted by Gasteiger charge is 2.17. The first kappa shape index (κ1) is 57.8. The van der Waals surface area contributed by atoms with Crippen molar-refractivity contribution in [1.82, 2.24) is 5.32 Å². The summed E-state index contributed by atoms with van der Waals surface area (Å²) in [5.74, 6) is -0.110. The van der Waals surface area contributed by atoms with Gasteiger partial charge in [-0.2, -0.15) is 0 Å². The van der Waals surface area contributed by atoms with Crippen LogP contribution in [0.2, 0.25) is 0 Å². The van der Waals surface area contributed by atoms with Crippen molar-refractivity contribution in [3.05, 3.63) is 170 Å². The molecule has 3 N–H and O–H groups in total. The first-order valence-corrected chi connectivity index (χ1v) is 24.3. The van der Waals surface area contributed by atoms with E-state index in [9.17, 15) is 15.0 Å². The van der Waals surface area contributed by atoms with Crippen LogP contribution in [0.3, 0.4) is 0 Å². The lowest BCUT2D eigenvalue weighted by molar-refractivity contribution is -0.123. The number of nitrogens with one attached hydrogen (secondary N) is 1. The van der Waals surface area contributed by atoms with Crippen LogP contribution >= 0.6 is 0 Å². The number of carbonyl (C=O) groups excluding carboxylic acids is 1. The van der Waals surface area contributed by atoms with Gasteiger partial charge in [0.1, 0.15) is 0 Å². The summed E-state index contributed by atoms with van der Waals surface area (Å²) in [6.07, 6.45) is 84.9. The minimum Gasteiger partial charge on any atom is -0.394 e. The molecule has 0 aliphatic heterocycles. The van der Waals surface area contributed by atoms with Crippen LogP contribution in [-0.2, 0) is 4.79 Å². The van der Waals surface area contributed by atoms with E-state index in [1.165, 1.54) is 19.3 Å². The van der Waals surface area contributed by atoms with E-state index in [4.69, 9.17) is 0 Å². The van der Waals surface area contributed by atoms with E-state index in [-0.39, 0.29) is 12.5 Å². The van der Waals surface area contributed by atoms with Crippen LogP contribution in [0.1, 0.15) is 168 Å². The average Bonchev–Trinajstić information content (AvgIpc) is 3.28. The molecular formula is C58H89NO3. The number of unbranched alkanes of at least 4 members (excludes halogenated alkanes) is 8. The van der Waals surface area contributed by atoms with Gasteiger partial charge in [-0.25, -0.2) is 0 Å². The first-order valence-electron chi connectivity index (χ1n) is 24.3. The Hall–Kier alpha value is -4.25. The Morgan fingerprint density at radius 1 is 0.403 bits per heavy atom. The van der Waals surface area contributed by atoms with E-state index < -0.39 is 12.1 Å². The molecule has 1 amide bonds. The molecule has 2 unspecified atom stereocenters. The molecule has 0 heterocycles. The Morgan fingerprint density at radius 2 is 0.726 bits per heavy atom. The SMILES string of the molecule is CC/C=C\C/C=C\C/C=C\C/C=C\C/C=C\C/C=C\C/C=C\C/C=C\C/C=C\C/C=C\C/C=C\C/C=C\CCCCCCC(=O)NC(CO)C(O)/C=C/CC/C=C/CCCCC.